The van der Waals surface area contributed by atoms with E-state index in [0.29, 0.717) is 11.7 Å². The first kappa shape index (κ1) is 11.1. The Morgan fingerprint density at radius 3 is 2.71 bits per heavy atom. The van der Waals surface area contributed by atoms with Gasteiger partial charge >= 0.3 is 0 Å². The number of nitrogens with two attached hydrogens (primary N) is 1. The molecule has 0 aliphatic rings. The summed E-state index contributed by atoms with van der Waals surface area (Å²) in [7, 11) is 1.60. The summed E-state index contributed by atoms with van der Waals surface area (Å²) in [6, 6.07) is -0.167. The van der Waals surface area contributed by atoms with Crippen LogP contribution in [0.5, 0.6) is 0 Å². The Balaban J connectivity index is 2.88. The van der Waals surface area contributed by atoms with Gasteiger partial charge in [-0.1, -0.05) is 12.1 Å². The molecule has 0 spiro atoms. The maximum absolute atomic E-state index is 5.77. The number of hydrogen-bond donors (Lipinski definition) is 1. The van der Waals surface area contributed by atoms with Crippen LogP contribution < -0.4 is 5.73 Å². The van der Waals surface area contributed by atoms with Crippen molar-refractivity contribution in [1.29, 1.82) is 0 Å². The van der Waals surface area contributed by atoms with E-state index in [1.165, 1.54) is 0 Å². The molecule has 80 valence electrons. The van der Waals surface area contributed by atoms with Crippen molar-refractivity contribution in [2.75, 3.05) is 7.11 Å². The zero-order valence-corrected chi connectivity index (χ0v) is 9.07. The summed E-state index contributed by atoms with van der Waals surface area (Å²) in [6.07, 6.45) is 0.784. The molecule has 0 aliphatic heterocycles. The summed E-state index contributed by atoms with van der Waals surface area (Å²) in [5, 5.41) is 3.81. The van der Waals surface area contributed by atoms with Crippen LogP contribution in [-0.2, 0) is 10.3 Å². The Morgan fingerprint density at radius 2 is 2.21 bits per heavy atom. The Labute approximate surface area is 83.6 Å². The van der Waals surface area contributed by atoms with Crippen LogP contribution in [0, 0.1) is 0 Å². The molecule has 0 saturated carbocycles. The maximum atomic E-state index is 5.77. The molecule has 0 radical (unpaired) electrons. The molecule has 0 amide bonds. The summed E-state index contributed by atoms with van der Waals surface area (Å²) in [5.74, 6) is 0.992. The zero-order chi connectivity index (χ0) is 10.8. The van der Waals surface area contributed by atoms with Crippen LogP contribution in [-0.4, -0.2) is 17.3 Å². The molecule has 1 rings (SSSR count). The van der Waals surface area contributed by atoms with E-state index < -0.39 is 5.60 Å². The third kappa shape index (κ3) is 2.10. The van der Waals surface area contributed by atoms with Crippen LogP contribution in [0.3, 0.4) is 0 Å². The first-order valence-electron chi connectivity index (χ1n) is 4.66. The highest BCUT2D eigenvalue weighted by atomic mass is 16.5. The summed E-state index contributed by atoms with van der Waals surface area (Å²) in [4.78, 5) is 4.20. The van der Waals surface area contributed by atoms with E-state index >= 15 is 0 Å². The molecule has 5 nitrogen and oxygen atoms in total. The molecule has 0 fully saturated rings. The van der Waals surface area contributed by atoms with Crippen molar-refractivity contribution in [3.05, 3.63) is 11.7 Å². The first-order valence-corrected chi connectivity index (χ1v) is 4.66. The van der Waals surface area contributed by atoms with Crippen LogP contribution in [0.1, 0.15) is 44.9 Å². The predicted octanol–water partition coefficient (Wildman–Crippen LogP) is 1.36. The minimum Gasteiger partial charge on any atom is -0.369 e. The van der Waals surface area contributed by atoms with Crippen molar-refractivity contribution in [3.8, 4) is 0 Å². The Morgan fingerprint density at radius 1 is 1.57 bits per heavy atom. The van der Waals surface area contributed by atoms with E-state index in [4.69, 9.17) is 15.0 Å². The molecule has 0 aliphatic carbocycles. The zero-order valence-electron chi connectivity index (χ0n) is 9.07. The fourth-order valence-electron chi connectivity index (χ4n) is 0.900. The van der Waals surface area contributed by atoms with Crippen LogP contribution >= 0.6 is 0 Å². The smallest absolute Gasteiger partial charge is 0.258 e. The van der Waals surface area contributed by atoms with Crippen LogP contribution in [0.4, 0.5) is 0 Å². The highest BCUT2D eigenvalue weighted by Crippen LogP contribution is 2.22. The molecule has 0 saturated heterocycles. The van der Waals surface area contributed by atoms with E-state index in [1.54, 1.807) is 7.11 Å². The highest BCUT2D eigenvalue weighted by molar-refractivity contribution is 4.98. The third-order valence-electron chi connectivity index (χ3n) is 2.24. The van der Waals surface area contributed by atoms with Crippen molar-refractivity contribution in [3.63, 3.8) is 0 Å². The molecule has 0 aromatic carbocycles. The quantitative estimate of drug-likeness (QED) is 0.792. The van der Waals surface area contributed by atoms with Gasteiger partial charge in [-0.2, -0.15) is 4.98 Å². The lowest BCUT2D eigenvalue weighted by Crippen LogP contribution is -2.20. The summed E-state index contributed by atoms with van der Waals surface area (Å²) < 4.78 is 10.3. The summed E-state index contributed by atoms with van der Waals surface area (Å²) >= 11 is 0. The van der Waals surface area contributed by atoms with E-state index in [0.717, 1.165) is 6.42 Å². The molecule has 1 atom stereocenters. The normalized spacial score (nSPS) is 14.4. The van der Waals surface area contributed by atoms with E-state index in [1.807, 2.05) is 20.8 Å². The minimum absolute atomic E-state index is 0.167. The van der Waals surface area contributed by atoms with Crippen molar-refractivity contribution < 1.29 is 9.26 Å². The third-order valence-corrected chi connectivity index (χ3v) is 2.24. The molecule has 1 aromatic heterocycles. The number of ether oxygens (including phenoxy) is 1. The average Bonchev–Trinajstić information content (AvgIpc) is 2.66. The van der Waals surface area contributed by atoms with Crippen molar-refractivity contribution in [2.24, 2.45) is 5.73 Å². The molecule has 0 bridgehead atoms. The number of hydrogen-bond acceptors (Lipinski definition) is 5. The number of rotatable bonds is 4. The van der Waals surface area contributed by atoms with Gasteiger partial charge in [-0.25, -0.2) is 0 Å². The minimum atomic E-state index is -0.557. The van der Waals surface area contributed by atoms with Crippen LogP contribution in [0.25, 0.3) is 0 Å². The van der Waals surface area contributed by atoms with Crippen molar-refractivity contribution in [2.45, 2.75) is 38.8 Å². The predicted molar refractivity (Wildman–Crippen MR) is 51.6 cm³/mol. The van der Waals surface area contributed by atoms with Gasteiger partial charge in [0.2, 0.25) is 0 Å². The monoisotopic (exact) mass is 199 g/mol. The number of aromatic nitrogens is 2. The van der Waals surface area contributed by atoms with Gasteiger partial charge in [0.15, 0.2) is 5.82 Å². The lowest BCUT2D eigenvalue weighted by molar-refractivity contribution is -0.00786. The highest BCUT2D eigenvalue weighted by Gasteiger charge is 2.27. The molecular formula is C9H17N3O2. The van der Waals surface area contributed by atoms with Crippen LogP contribution in [0.2, 0.25) is 0 Å². The fourth-order valence-corrected chi connectivity index (χ4v) is 0.900. The van der Waals surface area contributed by atoms with E-state index in [2.05, 4.69) is 10.1 Å². The molecule has 1 heterocycles. The van der Waals surface area contributed by atoms with E-state index in [-0.39, 0.29) is 6.04 Å². The molecular weight excluding hydrogens is 182 g/mol. The SMILES string of the molecule is CCC(N)c1noc(C(C)(C)OC)n1. The lowest BCUT2D eigenvalue weighted by atomic mass is 10.1. The van der Waals surface area contributed by atoms with E-state index in [9.17, 15) is 0 Å². The standard InChI is InChI=1S/C9H17N3O2/c1-5-6(10)7-11-8(14-12-7)9(2,3)13-4/h6H,5,10H2,1-4H3. The largest absolute Gasteiger partial charge is 0.369 e. The Bertz CT molecular complexity index is 296. The van der Waals surface area contributed by atoms with Gasteiger partial charge < -0.3 is 15.0 Å². The lowest BCUT2D eigenvalue weighted by Gasteiger charge is -2.16. The summed E-state index contributed by atoms with van der Waals surface area (Å²) in [6.45, 7) is 5.70. The van der Waals surface area contributed by atoms with Crippen molar-refractivity contribution in [1.82, 2.24) is 10.1 Å². The van der Waals surface area contributed by atoms with Gasteiger partial charge in [0, 0.05) is 7.11 Å². The van der Waals surface area contributed by atoms with Gasteiger partial charge in [0.1, 0.15) is 5.60 Å². The van der Waals surface area contributed by atoms with Gasteiger partial charge in [0.25, 0.3) is 5.89 Å². The van der Waals surface area contributed by atoms with Gasteiger partial charge in [-0.3, -0.25) is 0 Å². The molecule has 5 heteroatoms. The van der Waals surface area contributed by atoms with Crippen molar-refractivity contribution >= 4 is 0 Å². The van der Waals surface area contributed by atoms with Gasteiger partial charge in [-0.05, 0) is 20.3 Å². The first-order chi connectivity index (χ1) is 6.51. The maximum Gasteiger partial charge on any atom is 0.258 e. The second-order valence-corrected chi connectivity index (χ2v) is 3.69. The molecule has 1 unspecified atom stereocenters. The topological polar surface area (TPSA) is 74.2 Å². The fraction of sp³-hybridized carbons (Fsp3) is 0.778. The molecule has 14 heavy (non-hydrogen) atoms. The number of nitrogens with zero attached hydrogens (tertiary/aromatic N) is 2. The van der Waals surface area contributed by atoms with Gasteiger partial charge in [0.05, 0.1) is 6.04 Å². The summed E-state index contributed by atoms with van der Waals surface area (Å²) in [5.41, 5.74) is 5.21. The Kier molecular flexibility index (Phi) is 3.23. The molecule has 1 aromatic rings. The Hall–Kier alpha value is -0.940. The second-order valence-electron chi connectivity index (χ2n) is 3.69. The average molecular weight is 199 g/mol. The van der Waals surface area contributed by atoms with Gasteiger partial charge in [-0.15, -0.1) is 0 Å². The second kappa shape index (κ2) is 4.06. The molecule has 2 N–H and O–H groups in total. The number of methoxy groups -OCH3 is 1. The van der Waals surface area contributed by atoms with Crippen LogP contribution in [0.15, 0.2) is 4.52 Å².